The number of alkyl halides is 3. The summed E-state index contributed by atoms with van der Waals surface area (Å²) in [5.41, 5.74) is 6.72. The van der Waals surface area contributed by atoms with Crippen LogP contribution in [-0.2, 0) is 12.6 Å². The molecular formula is C16H15ClF3N. The molecule has 1 atom stereocenters. The topological polar surface area (TPSA) is 26.0 Å². The van der Waals surface area contributed by atoms with Gasteiger partial charge >= 0.3 is 6.18 Å². The monoisotopic (exact) mass is 313 g/mol. The van der Waals surface area contributed by atoms with Crippen molar-refractivity contribution in [3.63, 3.8) is 0 Å². The van der Waals surface area contributed by atoms with E-state index in [4.69, 9.17) is 17.3 Å². The molecule has 0 fully saturated rings. The lowest BCUT2D eigenvalue weighted by molar-refractivity contribution is -0.137. The van der Waals surface area contributed by atoms with Gasteiger partial charge in [0, 0.05) is 10.9 Å². The fourth-order valence-electron chi connectivity index (χ4n) is 2.23. The Bertz CT molecular complexity index is 593. The van der Waals surface area contributed by atoms with Crippen LogP contribution in [0.5, 0.6) is 0 Å². The molecule has 0 aromatic heterocycles. The highest BCUT2D eigenvalue weighted by molar-refractivity contribution is 6.30. The van der Waals surface area contributed by atoms with Crippen molar-refractivity contribution in [3.05, 3.63) is 70.2 Å². The minimum absolute atomic E-state index is 0.0363. The van der Waals surface area contributed by atoms with E-state index in [1.807, 2.05) is 12.1 Å². The lowest BCUT2D eigenvalue weighted by Crippen LogP contribution is -2.15. The molecule has 0 aliphatic heterocycles. The van der Waals surface area contributed by atoms with Crippen LogP contribution >= 0.6 is 11.6 Å². The summed E-state index contributed by atoms with van der Waals surface area (Å²) < 4.78 is 38.1. The Morgan fingerprint density at radius 1 is 1.05 bits per heavy atom. The van der Waals surface area contributed by atoms with Crippen LogP contribution in [0.25, 0.3) is 0 Å². The maximum atomic E-state index is 12.7. The van der Waals surface area contributed by atoms with E-state index in [0.29, 0.717) is 23.6 Å². The molecule has 0 amide bonds. The lowest BCUT2D eigenvalue weighted by atomic mass is 9.91. The SMILES string of the molecule is NCC(Cc1cccc(C(F)(F)F)c1)c1ccc(Cl)cc1. The van der Waals surface area contributed by atoms with Crippen molar-refractivity contribution in [1.82, 2.24) is 0 Å². The molecule has 2 N–H and O–H groups in total. The highest BCUT2D eigenvalue weighted by atomic mass is 35.5. The van der Waals surface area contributed by atoms with Crippen LogP contribution in [0.2, 0.25) is 5.02 Å². The second-order valence-electron chi connectivity index (χ2n) is 4.89. The predicted molar refractivity (Wildman–Crippen MR) is 78.4 cm³/mol. The molecule has 21 heavy (non-hydrogen) atoms. The molecule has 1 unspecified atom stereocenters. The Kier molecular flexibility index (Phi) is 4.91. The normalized spacial score (nSPS) is 13.2. The molecule has 2 aromatic rings. The Morgan fingerprint density at radius 3 is 2.29 bits per heavy atom. The fourth-order valence-corrected chi connectivity index (χ4v) is 2.36. The summed E-state index contributed by atoms with van der Waals surface area (Å²) in [6.07, 6.45) is -3.86. The summed E-state index contributed by atoms with van der Waals surface area (Å²) in [5, 5.41) is 0.619. The van der Waals surface area contributed by atoms with E-state index >= 15 is 0 Å². The van der Waals surface area contributed by atoms with Crippen molar-refractivity contribution in [3.8, 4) is 0 Å². The van der Waals surface area contributed by atoms with Gasteiger partial charge in [0.05, 0.1) is 5.56 Å². The molecule has 0 spiro atoms. The second-order valence-corrected chi connectivity index (χ2v) is 5.32. The smallest absolute Gasteiger partial charge is 0.330 e. The third kappa shape index (κ3) is 4.22. The van der Waals surface area contributed by atoms with E-state index in [-0.39, 0.29) is 5.92 Å². The van der Waals surface area contributed by atoms with Gasteiger partial charge in [0.1, 0.15) is 0 Å². The zero-order valence-corrected chi connectivity index (χ0v) is 12.0. The van der Waals surface area contributed by atoms with Crippen LogP contribution in [0, 0.1) is 0 Å². The third-order valence-corrected chi connectivity index (χ3v) is 3.61. The minimum atomic E-state index is -4.32. The highest BCUT2D eigenvalue weighted by Crippen LogP contribution is 2.30. The van der Waals surface area contributed by atoms with Crippen molar-refractivity contribution in [2.75, 3.05) is 6.54 Å². The quantitative estimate of drug-likeness (QED) is 0.874. The number of rotatable bonds is 4. The molecular weight excluding hydrogens is 299 g/mol. The average molecular weight is 314 g/mol. The summed E-state index contributed by atoms with van der Waals surface area (Å²) in [6.45, 7) is 0.359. The zero-order chi connectivity index (χ0) is 15.5. The maximum Gasteiger partial charge on any atom is 0.416 e. The van der Waals surface area contributed by atoms with Gasteiger partial charge in [-0.1, -0.05) is 41.9 Å². The third-order valence-electron chi connectivity index (χ3n) is 3.36. The standard InChI is InChI=1S/C16H15ClF3N/c17-15-6-4-12(5-7-15)13(10-21)8-11-2-1-3-14(9-11)16(18,19)20/h1-7,9,13H,8,10,21H2. The van der Waals surface area contributed by atoms with E-state index in [1.165, 1.54) is 12.1 Å². The van der Waals surface area contributed by atoms with E-state index in [2.05, 4.69) is 0 Å². The molecule has 2 aromatic carbocycles. The maximum absolute atomic E-state index is 12.7. The summed E-state index contributed by atoms with van der Waals surface area (Å²) in [4.78, 5) is 0. The molecule has 5 heteroatoms. The van der Waals surface area contributed by atoms with Gasteiger partial charge in [-0.05, 0) is 42.3 Å². The molecule has 0 saturated heterocycles. The van der Waals surface area contributed by atoms with Gasteiger partial charge in [0.15, 0.2) is 0 Å². The predicted octanol–water partition coefficient (Wildman–Crippen LogP) is 4.64. The fraction of sp³-hybridized carbons (Fsp3) is 0.250. The van der Waals surface area contributed by atoms with Gasteiger partial charge in [-0.2, -0.15) is 13.2 Å². The zero-order valence-electron chi connectivity index (χ0n) is 11.2. The largest absolute Gasteiger partial charge is 0.416 e. The van der Waals surface area contributed by atoms with Crippen LogP contribution in [0.3, 0.4) is 0 Å². The lowest BCUT2D eigenvalue weighted by Gasteiger charge is -2.16. The molecule has 0 radical (unpaired) electrons. The van der Waals surface area contributed by atoms with Crippen LogP contribution in [0.1, 0.15) is 22.6 Å². The first-order chi connectivity index (χ1) is 9.90. The van der Waals surface area contributed by atoms with Gasteiger partial charge in [-0.3, -0.25) is 0 Å². The summed E-state index contributed by atoms with van der Waals surface area (Å²) in [5.74, 6) is -0.0363. The van der Waals surface area contributed by atoms with Crippen LogP contribution < -0.4 is 5.73 Å². The van der Waals surface area contributed by atoms with E-state index in [9.17, 15) is 13.2 Å². The van der Waals surface area contributed by atoms with Gasteiger partial charge in [-0.25, -0.2) is 0 Å². The molecule has 112 valence electrons. The highest BCUT2D eigenvalue weighted by Gasteiger charge is 2.30. The first kappa shape index (κ1) is 15.9. The van der Waals surface area contributed by atoms with Crippen LogP contribution in [0.15, 0.2) is 48.5 Å². The molecule has 0 heterocycles. The Morgan fingerprint density at radius 2 is 1.71 bits per heavy atom. The number of hydrogen-bond acceptors (Lipinski definition) is 1. The minimum Gasteiger partial charge on any atom is -0.330 e. The number of benzene rings is 2. The molecule has 0 aliphatic rings. The first-order valence-corrected chi connectivity index (χ1v) is 6.89. The average Bonchev–Trinajstić information content (AvgIpc) is 2.45. The Balaban J connectivity index is 2.21. The van der Waals surface area contributed by atoms with E-state index < -0.39 is 11.7 Å². The van der Waals surface area contributed by atoms with E-state index in [1.54, 1.807) is 18.2 Å². The second kappa shape index (κ2) is 6.50. The van der Waals surface area contributed by atoms with Crippen LogP contribution in [-0.4, -0.2) is 6.54 Å². The molecule has 0 bridgehead atoms. The van der Waals surface area contributed by atoms with Gasteiger partial charge < -0.3 is 5.73 Å². The summed E-state index contributed by atoms with van der Waals surface area (Å²) in [6, 6.07) is 12.6. The van der Waals surface area contributed by atoms with Crippen LogP contribution in [0.4, 0.5) is 13.2 Å². The number of nitrogens with two attached hydrogens (primary N) is 1. The molecule has 2 rings (SSSR count). The van der Waals surface area contributed by atoms with Crippen molar-refractivity contribution < 1.29 is 13.2 Å². The van der Waals surface area contributed by atoms with E-state index in [0.717, 1.165) is 11.6 Å². The van der Waals surface area contributed by atoms with Gasteiger partial charge in [-0.15, -0.1) is 0 Å². The molecule has 0 aliphatic carbocycles. The van der Waals surface area contributed by atoms with Crippen molar-refractivity contribution in [2.45, 2.75) is 18.5 Å². The van der Waals surface area contributed by atoms with Gasteiger partial charge in [0.2, 0.25) is 0 Å². The summed E-state index contributed by atoms with van der Waals surface area (Å²) >= 11 is 5.83. The van der Waals surface area contributed by atoms with Crippen molar-refractivity contribution >= 4 is 11.6 Å². The number of hydrogen-bond donors (Lipinski definition) is 1. The first-order valence-electron chi connectivity index (χ1n) is 6.52. The van der Waals surface area contributed by atoms with Crippen molar-refractivity contribution in [1.29, 1.82) is 0 Å². The summed E-state index contributed by atoms with van der Waals surface area (Å²) in [7, 11) is 0. The van der Waals surface area contributed by atoms with Gasteiger partial charge in [0.25, 0.3) is 0 Å². The molecule has 1 nitrogen and oxygen atoms in total. The Hall–Kier alpha value is -1.52. The molecule has 0 saturated carbocycles. The number of halogens is 4. The Labute approximate surface area is 126 Å². The van der Waals surface area contributed by atoms with Crippen molar-refractivity contribution in [2.24, 2.45) is 5.73 Å².